The first-order valence-corrected chi connectivity index (χ1v) is 6.87. The monoisotopic (exact) mass is 285 g/mol. The third-order valence-corrected chi connectivity index (χ3v) is 3.88. The van der Waals surface area contributed by atoms with Crippen molar-refractivity contribution >= 4 is 32.9 Å². The van der Waals surface area contributed by atoms with Crippen LogP contribution in [0, 0.1) is 10.1 Å². The Morgan fingerprint density at radius 2 is 2.05 bits per heavy atom. The summed E-state index contributed by atoms with van der Waals surface area (Å²) < 4.78 is 1.14. The van der Waals surface area contributed by atoms with E-state index in [4.69, 9.17) is 0 Å². The molecule has 0 unspecified atom stereocenters. The highest BCUT2D eigenvalue weighted by molar-refractivity contribution is 7.18. The van der Waals surface area contributed by atoms with Crippen LogP contribution in [-0.4, -0.2) is 9.91 Å². The molecule has 0 aliphatic carbocycles. The molecule has 0 aliphatic heterocycles. The molecule has 0 atom stereocenters. The van der Waals surface area contributed by atoms with Crippen molar-refractivity contribution < 1.29 is 4.92 Å². The van der Waals surface area contributed by atoms with Crippen LogP contribution in [-0.2, 0) is 6.54 Å². The zero-order chi connectivity index (χ0) is 13.9. The summed E-state index contributed by atoms with van der Waals surface area (Å²) in [6, 6.07) is 14.4. The van der Waals surface area contributed by atoms with Crippen LogP contribution in [0.15, 0.2) is 48.5 Å². The lowest BCUT2D eigenvalue weighted by molar-refractivity contribution is -0.384. The van der Waals surface area contributed by atoms with E-state index in [2.05, 4.69) is 10.3 Å². The van der Waals surface area contributed by atoms with Gasteiger partial charge in [-0.1, -0.05) is 18.2 Å². The van der Waals surface area contributed by atoms with Gasteiger partial charge in [0.2, 0.25) is 0 Å². The summed E-state index contributed by atoms with van der Waals surface area (Å²) in [6.07, 6.45) is 0. The number of benzene rings is 2. The number of nitro groups is 1. The van der Waals surface area contributed by atoms with Crippen LogP contribution in [0.1, 0.15) is 5.01 Å². The maximum Gasteiger partial charge on any atom is 0.271 e. The van der Waals surface area contributed by atoms with Gasteiger partial charge in [0.15, 0.2) is 0 Å². The van der Waals surface area contributed by atoms with Gasteiger partial charge in [0.25, 0.3) is 5.69 Å². The Balaban J connectivity index is 1.75. The highest BCUT2D eigenvalue weighted by Crippen LogP contribution is 2.23. The Morgan fingerprint density at radius 3 is 2.85 bits per heavy atom. The van der Waals surface area contributed by atoms with Gasteiger partial charge < -0.3 is 5.32 Å². The number of thiazole rings is 1. The molecule has 1 aromatic heterocycles. The molecule has 0 radical (unpaired) electrons. The number of hydrogen-bond donors (Lipinski definition) is 1. The minimum Gasteiger partial charge on any atom is -0.378 e. The van der Waals surface area contributed by atoms with Crippen LogP contribution < -0.4 is 5.32 Å². The first-order chi connectivity index (χ1) is 9.72. The fourth-order valence-electron chi connectivity index (χ4n) is 1.90. The van der Waals surface area contributed by atoms with E-state index in [1.54, 1.807) is 23.5 Å². The molecule has 2 aromatic carbocycles. The van der Waals surface area contributed by atoms with E-state index < -0.39 is 4.92 Å². The topological polar surface area (TPSA) is 68.1 Å². The van der Waals surface area contributed by atoms with E-state index in [0.717, 1.165) is 20.9 Å². The van der Waals surface area contributed by atoms with E-state index in [1.807, 2.05) is 24.3 Å². The van der Waals surface area contributed by atoms with Gasteiger partial charge in [-0.25, -0.2) is 4.98 Å². The number of rotatable bonds is 4. The number of nitrogens with one attached hydrogen (secondary N) is 1. The lowest BCUT2D eigenvalue weighted by atomic mass is 10.3. The quantitative estimate of drug-likeness (QED) is 0.584. The van der Waals surface area contributed by atoms with Crippen LogP contribution in [0.3, 0.4) is 0 Å². The van der Waals surface area contributed by atoms with Crippen molar-refractivity contribution in [3.05, 3.63) is 63.7 Å². The molecule has 0 fully saturated rings. The van der Waals surface area contributed by atoms with Gasteiger partial charge in [-0.15, -0.1) is 11.3 Å². The predicted octanol–water partition coefficient (Wildman–Crippen LogP) is 3.82. The van der Waals surface area contributed by atoms with Gasteiger partial charge >= 0.3 is 0 Å². The lowest BCUT2D eigenvalue weighted by Crippen LogP contribution is -1.99. The van der Waals surface area contributed by atoms with E-state index >= 15 is 0 Å². The Kier molecular flexibility index (Phi) is 3.30. The molecule has 0 amide bonds. The summed E-state index contributed by atoms with van der Waals surface area (Å²) in [5.41, 5.74) is 1.78. The molecular formula is C14H11N3O2S. The molecule has 0 spiro atoms. The molecule has 0 aliphatic rings. The summed E-state index contributed by atoms with van der Waals surface area (Å²) in [5.74, 6) is 0. The Bertz CT molecular complexity index is 737. The number of fused-ring (bicyclic) bond motifs is 1. The van der Waals surface area contributed by atoms with Crippen molar-refractivity contribution in [3.8, 4) is 0 Å². The normalized spacial score (nSPS) is 10.6. The third kappa shape index (κ3) is 2.60. The molecule has 0 saturated carbocycles. The fourth-order valence-corrected chi connectivity index (χ4v) is 2.81. The SMILES string of the molecule is O=[N+]([O-])c1cccc(NCc2nc3ccccc3s2)c1. The average Bonchev–Trinajstić information content (AvgIpc) is 2.88. The first-order valence-electron chi connectivity index (χ1n) is 6.05. The van der Waals surface area contributed by atoms with Crippen molar-refractivity contribution in [2.75, 3.05) is 5.32 Å². The molecule has 1 N–H and O–H groups in total. The number of para-hydroxylation sites is 1. The highest BCUT2D eigenvalue weighted by atomic mass is 32.1. The standard InChI is InChI=1S/C14H11N3O2S/c18-17(19)11-5-3-4-10(8-11)15-9-14-16-12-6-1-2-7-13(12)20-14/h1-8,15H,9H2. The van der Waals surface area contributed by atoms with Crippen molar-refractivity contribution in [3.63, 3.8) is 0 Å². The van der Waals surface area contributed by atoms with Gasteiger partial charge in [-0.05, 0) is 18.2 Å². The highest BCUT2D eigenvalue weighted by Gasteiger charge is 2.06. The molecule has 100 valence electrons. The van der Waals surface area contributed by atoms with Gasteiger partial charge in [0, 0.05) is 17.8 Å². The molecule has 5 nitrogen and oxygen atoms in total. The zero-order valence-electron chi connectivity index (χ0n) is 10.4. The van der Waals surface area contributed by atoms with Crippen molar-refractivity contribution in [2.24, 2.45) is 0 Å². The van der Waals surface area contributed by atoms with E-state index in [-0.39, 0.29) is 5.69 Å². The van der Waals surface area contributed by atoms with Crippen molar-refractivity contribution in [1.82, 2.24) is 4.98 Å². The lowest BCUT2D eigenvalue weighted by Gasteiger charge is -2.03. The summed E-state index contributed by atoms with van der Waals surface area (Å²) in [5, 5.41) is 14.8. The fraction of sp³-hybridized carbons (Fsp3) is 0.0714. The van der Waals surface area contributed by atoms with Crippen LogP contribution in [0.25, 0.3) is 10.2 Å². The van der Waals surface area contributed by atoms with E-state index in [0.29, 0.717) is 6.54 Å². The van der Waals surface area contributed by atoms with Gasteiger partial charge in [0.1, 0.15) is 5.01 Å². The maximum atomic E-state index is 10.7. The Labute approximate surface area is 119 Å². The van der Waals surface area contributed by atoms with E-state index in [1.165, 1.54) is 12.1 Å². The largest absolute Gasteiger partial charge is 0.378 e. The van der Waals surface area contributed by atoms with Crippen LogP contribution in [0.2, 0.25) is 0 Å². The van der Waals surface area contributed by atoms with Crippen LogP contribution >= 0.6 is 11.3 Å². The van der Waals surface area contributed by atoms with Crippen LogP contribution in [0.4, 0.5) is 11.4 Å². The molecule has 0 bridgehead atoms. The predicted molar refractivity (Wildman–Crippen MR) is 80.0 cm³/mol. The number of nitrogens with zero attached hydrogens (tertiary/aromatic N) is 2. The summed E-state index contributed by atoms with van der Waals surface area (Å²) >= 11 is 1.62. The number of hydrogen-bond acceptors (Lipinski definition) is 5. The second kappa shape index (κ2) is 5.26. The van der Waals surface area contributed by atoms with Crippen LogP contribution in [0.5, 0.6) is 0 Å². The smallest absolute Gasteiger partial charge is 0.271 e. The second-order valence-corrected chi connectivity index (χ2v) is 5.35. The maximum absolute atomic E-state index is 10.7. The molecule has 3 rings (SSSR count). The van der Waals surface area contributed by atoms with Gasteiger partial charge in [-0.3, -0.25) is 10.1 Å². The molecule has 6 heteroatoms. The Hall–Kier alpha value is -2.47. The van der Waals surface area contributed by atoms with Gasteiger partial charge in [0.05, 0.1) is 21.7 Å². The minimum absolute atomic E-state index is 0.0827. The summed E-state index contributed by atoms with van der Waals surface area (Å²) in [7, 11) is 0. The zero-order valence-corrected chi connectivity index (χ0v) is 11.3. The molecule has 20 heavy (non-hydrogen) atoms. The molecular weight excluding hydrogens is 274 g/mol. The summed E-state index contributed by atoms with van der Waals surface area (Å²) in [4.78, 5) is 14.8. The number of aromatic nitrogens is 1. The van der Waals surface area contributed by atoms with Gasteiger partial charge in [-0.2, -0.15) is 0 Å². The molecule has 0 saturated heterocycles. The van der Waals surface area contributed by atoms with Crippen molar-refractivity contribution in [2.45, 2.75) is 6.54 Å². The van der Waals surface area contributed by atoms with E-state index in [9.17, 15) is 10.1 Å². The average molecular weight is 285 g/mol. The summed E-state index contributed by atoms with van der Waals surface area (Å²) in [6.45, 7) is 0.556. The first kappa shape index (κ1) is 12.6. The number of anilines is 1. The second-order valence-electron chi connectivity index (χ2n) is 4.24. The molecule has 3 aromatic rings. The minimum atomic E-state index is -0.400. The Morgan fingerprint density at radius 1 is 1.20 bits per heavy atom. The molecule has 1 heterocycles. The number of nitro benzene ring substituents is 1. The third-order valence-electron chi connectivity index (χ3n) is 2.84. The number of non-ortho nitro benzene ring substituents is 1. The van der Waals surface area contributed by atoms with Crippen molar-refractivity contribution in [1.29, 1.82) is 0 Å².